The van der Waals surface area contributed by atoms with Crippen molar-refractivity contribution in [3.05, 3.63) is 77.1 Å². The van der Waals surface area contributed by atoms with Gasteiger partial charge in [-0.1, -0.05) is 36.4 Å². The van der Waals surface area contributed by atoms with Gasteiger partial charge >= 0.3 is 0 Å². The third kappa shape index (κ3) is 5.60. The quantitative estimate of drug-likeness (QED) is 0.536. The maximum absolute atomic E-state index is 12.0. The number of anilines is 1. The zero-order valence-electron chi connectivity index (χ0n) is 17.9. The average Bonchev–Trinajstić information content (AvgIpc) is 3.20. The molecule has 31 heavy (non-hydrogen) atoms. The standard InChI is InChI=1S/C24H27N3O4/c1-29-21-13-18(14-22(30-2)24(21)31-3)26-15-17-9-7-16(8-10-17)11-12-23(28)27-20-6-4-5-19(20)25/h5-14,26H,4,15,25H2,1-3H3,(H,27,28)/b12-11+. The zero-order valence-corrected chi connectivity index (χ0v) is 17.9. The lowest BCUT2D eigenvalue weighted by Crippen LogP contribution is -2.22. The molecule has 1 amide bonds. The van der Waals surface area contributed by atoms with Crippen LogP contribution in [-0.2, 0) is 11.3 Å². The van der Waals surface area contributed by atoms with Crippen LogP contribution in [0.4, 0.5) is 5.69 Å². The Kier molecular flexibility index (Phi) is 7.22. The predicted octanol–water partition coefficient (Wildman–Crippen LogP) is 3.58. The van der Waals surface area contributed by atoms with Crippen LogP contribution >= 0.6 is 0 Å². The van der Waals surface area contributed by atoms with E-state index in [0.717, 1.165) is 23.2 Å². The number of methoxy groups -OCH3 is 3. The molecular weight excluding hydrogens is 394 g/mol. The minimum atomic E-state index is -0.211. The van der Waals surface area contributed by atoms with Crippen molar-refractivity contribution in [3.63, 3.8) is 0 Å². The van der Waals surface area contributed by atoms with E-state index in [-0.39, 0.29) is 5.91 Å². The van der Waals surface area contributed by atoms with Gasteiger partial charge < -0.3 is 30.6 Å². The van der Waals surface area contributed by atoms with E-state index in [1.807, 2.05) is 48.6 Å². The largest absolute Gasteiger partial charge is 0.493 e. The predicted molar refractivity (Wildman–Crippen MR) is 122 cm³/mol. The maximum Gasteiger partial charge on any atom is 0.248 e. The summed E-state index contributed by atoms with van der Waals surface area (Å²) in [6, 6.07) is 11.6. The highest BCUT2D eigenvalue weighted by Crippen LogP contribution is 2.40. The van der Waals surface area contributed by atoms with Crippen molar-refractivity contribution in [2.45, 2.75) is 13.0 Å². The van der Waals surface area contributed by atoms with Crippen LogP contribution in [-0.4, -0.2) is 27.2 Å². The van der Waals surface area contributed by atoms with Gasteiger partial charge in [0, 0.05) is 30.4 Å². The van der Waals surface area contributed by atoms with Crippen LogP contribution in [0.5, 0.6) is 17.2 Å². The first-order valence-corrected chi connectivity index (χ1v) is 9.82. The molecule has 162 valence electrons. The van der Waals surface area contributed by atoms with E-state index in [4.69, 9.17) is 19.9 Å². The summed E-state index contributed by atoms with van der Waals surface area (Å²) in [5, 5.41) is 6.13. The molecule has 0 aromatic heterocycles. The normalized spacial score (nSPS) is 12.9. The molecule has 0 bridgehead atoms. The molecule has 3 rings (SSSR count). The van der Waals surface area contributed by atoms with Crippen molar-refractivity contribution in [2.75, 3.05) is 26.6 Å². The van der Waals surface area contributed by atoms with Crippen molar-refractivity contribution in [3.8, 4) is 17.2 Å². The Morgan fingerprint density at radius 2 is 1.71 bits per heavy atom. The van der Waals surface area contributed by atoms with Gasteiger partial charge in [0.05, 0.1) is 32.7 Å². The second-order valence-electron chi connectivity index (χ2n) is 6.84. The molecule has 0 saturated heterocycles. The molecule has 7 nitrogen and oxygen atoms in total. The number of allylic oxidation sites excluding steroid dienone is 2. The molecule has 0 aliphatic heterocycles. The van der Waals surface area contributed by atoms with Gasteiger partial charge in [0.15, 0.2) is 11.5 Å². The minimum Gasteiger partial charge on any atom is -0.493 e. The molecule has 0 radical (unpaired) electrons. The van der Waals surface area contributed by atoms with E-state index < -0.39 is 0 Å². The number of carbonyl (C=O) groups excluding carboxylic acids is 1. The first-order chi connectivity index (χ1) is 15.0. The molecule has 1 aliphatic rings. The van der Waals surface area contributed by atoms with Crippen LogP contribution in [0.3, 0.4) is 0 Å². The van der Waals surface area contributed by atoms with E-state index in [1.165, 1.54) is 6.08 Å². The number of hydrogen-bond donors (Lipinski definition) is 3. The monoisotopic (exact) mass is 421 g/mol. The molecule has 1 aliphatic carbocycles. The van der Waals surface area contributed by atoms with Crippen LogP contribution in [0.25, 0.3) is 6.08 Å². The Bertz CT molecular complexity index is 999. The lowest BCUT2D eigenvalue weighted by atomic mass is 10.1. The van der Waals surface area contributed by atoms with Crippen LogP contribution in [0.15, 0.2) is 66.0 Å². The van der Waals surface area contributed by atoms with Crippen molar-refractivity contribution < 1.29 is 19.0 Å². The molecule has 2 aromatic rings. The maximum atomic E-state index is 12.0. The van der Waals surface area contributed by atoms with Gasteiger partial charge in [-0.05, 0) is 23.6 Å². The number of ether oxygens (including phenoxy) is 3. The van der Waals surface area contributed by atoms with Crippen LogP contribution < -0.4 is 30.6 Å². The lowest BCUT2D eigenvalue weighted by Gasteiger charge is -2.15. The Labute approximate surface area is 182 Å². The molecule has 0 atom stereocenters. The van der Waals surface area contributed by atoms with E-state index in [1.54, 1.807) is 27.4 Å². The molecule has 0 saturated carbocycles. The number of hydrogen-bond acceptors (Lipinski definition) is 6. The zero-order chi connectivity index (χ0) is 22.2. The third-order valence-corrected chi connectivity index (χ3v) is 4.80. The Balaban J connectivity index is 1.58. The van der Waals surface area contributed by atoms with Crippen LogP contribution in [0.2, 0.25) is 0 Å². The van der Waals surface area contributed by atoms with Gasteiger partial charge in [0.1, 0.15) is 0 Å². The SMILES string of the molecule is COc1cc(NCc2ccc(/C=C/C(=O)NC3=CCC=C3N)cc2)cc(OC)c1OC. The highest BCUT2D eigenvalue weighted by molar-refractivity contribution is 5.93. The molecule has 0 spiro atoms. The Morgan fingerprint density at radius 1 is 1.03 bits per heavy atom. The van der Waals surface area contributed by atoms with Gasteiger partial charge in [-0.3, -0.25) is 4.79 Å². The fourth-order valence-corrected chi connectivity index (χ4v) is 3.13. The summed E-state index contributed by atoms with van der Waals surface area (Å²) in [4.78, 5) is 12.0. The summed E-state index contributed by atoms with van der Waals surface area (Å²) in [6.45, 7) is 0.614. The van der Waals surface area contributed by atoms with Gasteiger partial charge in [-0.15, -0.1) is 0 Å². The number of carbonyl (C=O) groups is 1. The summed E-state index contributed by atoms with van der Waals surface area (Å²) in [5.74, 6) is 1.53. The first kappa shape index (κ1) is 21.8. The van der Waals surface area contributed by atoms with Crippen molar-refractivity contribution >= 4 is 17.7 Å². The second-order valence-corrected chi connectivity index (χ2v) is 6.84. The number of rotatable bonds is 9. The fourth-order valence-electron chi connectivity index (χ4n) is 3.13. The van der Waals surface area contributed by atoms with Gasteiger partial charge in [-0.2, -0.15) is 0 Å². The fraction of sp³-hybridized carbons (Fsp3) is 0.208. The number of nitrogens with one attached hydrogen (secondary N) is 2. The molecule has 7 heteroatoms. The molecule has 0 unspecified atom stereocenters. The molecule has 0 heterocycles. The summed E-state index contributed by atoms with van der Waals surface area (Å²) in [7, 11) is 4.75. The summed E-state index contributed by atoms with van der Waals surface area (Å²) >= 11 is 0. The number of amides is 1. The summed E-state index contributed by atoms with van der Waals surface area (Å²) in [6.07, 6.45) is 7.76. The minimum absolute atomic E-state index is 0.211. The van der Waals surface area contributed by atoms with Gasteiger partial charge in [0.25, 0.3) is 0 Å². The van der Waals surface area contributed by atoms with Crippen LogP contribution in [0, 0.1) is 0 Å². The third-order valence-electron chi connectivity index (χ3n) is 4.80. The van der Waals surface area contributed by atoms with E-state index in [9.17, 15) is 4.79 Å². The van der Waals surface area contributed by atoms with E-state index >= 15 is 0 Å². The van der Waals surface area contributed by atoms with Gasteiger partial charge in [0.2, 0.25) is 11.7 Å². The smallest absolute Gasteiger partial charge is 0.248 e. The number of nitrogens with two attached hydrogens (primary N) is 1. The molecule has 2 aromatic carbocycles. The summed E-state index contributed by atoms with van der Waals surface area (Å²) in [5.41, 5.74) is 9.93. The molecule has 0 fully saturated rings. The highest BCUT2D eigenvalue weighted by atomic mass is 16.5. The average molecular weight is 421 g/mol. The Morgan fingerprint density at radius 3 is 2.26 bits per heavy atom. The topological polar surface area (TPSA) is 94.8 Å². The first-order valence-electron chi connectivity index (χ1n) is 9.82. The van der Waals surface area contributed by atoms with E-state index in [2.05, 4.69) is 10.6 Å². The molecule has 4 N–H and O–H groups in total. The highest BCUT2D eigenvalue weighted by Gasteiger charge is 2.13. The van der Waals surface area contributed by atoms with Crippen molar-refractivity contribution in [1.82, 2.24) is 5.32 Å². The van der Waals surface area contributed by atoms with Crippen LogP contribution in [0.1, 0.15) is 17.5 Å². The summed E-state index contributed by atoms with van der Waals surface area (Å²) < 4.78 is 16.1. The van der Waals surface area contributed by atoms with Crippen molar-refractivity contribution in [1.29, 1.82) is 0 Å². The number of benzene rings is 2. The lowest BCUT2D eigenvalue weighted by molar-refractivity contribution is -0.115. The second kappa shape index (κ2) is 10.2. The van der Waals surface area contributed by atoms with Crippen molar-refractivity contribution in [2.24, 2.45) is 5.73 Å². The molecular formula is C24H27N3O4. The van der Waals surface area contributed by atoms with E-state index in [0.29, 0.717) is 35.2 Å². The Hall–Kier alpha value is -3.87. The van der Waals surface area contributed by atoms with Gasteiger partial charge in [-0.25, -0.2) is 0 Å².